The van der Waals surface area contributed by atoms with E-state index in [2.05, 4.69) is 0 Å². The summed E-state index contributed by atoms with van der Waals surface area (Å²) in [5.41, 5.74) is -1.23. The van der Waals surface area contributed by atoms with Crippen molar-refractivity contribution in [1.82, 2.24) is 0 Å². The van der Waals surface area contributed by atoms with Gasteiger partial charge in [0.05, 0.1) is 5.56 Å². The van der Waals surface area contributed by atoms with Crippen LogP contribution in [0.4, 0.5) is 13.2 Å². The quantitative estimate of drug-likeness (QED) is 0.441. The number of hydrogen-bond donors (Lipinski definition) is 0. The van der Waals surface area contributed by atoms with Crippen molar-refractivity contribution in [1.29, 1.82) is 0 Å². The molecule has 0 bridgehead atoms. The van der Waals surface area contributed by atoms with Crippen LogP contribution in [-0.4, -0.2) is 5.24 Å². The maximum atomic E-state index is 14.2. The number of carbonyl (C=O) groups excluding carboxylic acids is 1. The Morgan fingerprint density at radius 3 is 2.42 bits per heavy atom. The minimum atomic E-state index is -1.36. The molecule has 19 heavy (non-hydrogen) atoms. The van der Waals surface area contributed by atoms with Gasteiger partial charge in [0, 0.05) is 11.1 Å². The SMILES string of the molecule is Cc1c(F)c(C2CC=CCC2)c(F)c(F)c1C(=O)Cl. The molecule has 0 N–H and O–H groups in total. The van der Waals surface area contributed by atoms with Gasteiger partial charge in [-0.25, -0.2) is 13.2 Å². The lowest BCUT2D eigenvalue weighted by atomic mass is 9.85. The summed E-state index contributed by atoms with van der Waals surface area (Å²) in [7, 11) is 0. The van der Waals surface area contributed by atoms with Crippen LogP contribution in [0, 0.1) is 24.4 Å². The van der Waals surface area contributed by atoms with Crippen molar-refractivity contribution in [3.05, 3.63) is 46.3 Å². The topological polar surface area (TPSA) is 17.1 Å². The van der Waals surface area contributed by atoms with Crippen LogP contribution >= 0.6 is 11.6 Å². The lowest BCUT2D eigenvalue weighted by Gasteiger charge is -2.21. The smallest absolute Gasteiger partial charge is 0.255 e. The molecule has 0 radical (unpaired) electrons. The van der Waals surface area contributed by atoms with Gasteiger partial charge < -0.3 is 0 Å². The van der Waals surface area contributed by atoms with Crippen LogP contribution in [0.25, 0.3) is 0 Å². The summed E-state index contributed by atoms with van der Waals surface area (Å²) in [4.78, 5) is 11.1. The standard InChI is InChI=1S/C14H12ClF3O/c1-7-9(14(15)19)12(17)13(18)10(11(7)16)8-5-3-2-4-6-8/h2-3,8H,4-6H2,1H3. The fourth-order valence-corrected chi connectivity index (χ4v) is 2.67. The van der Waals surface area contributed by atoms with Gasteiger partial charge in [0.2, 0.25) is 0 Å². The van der Waals surface area contributed by atoms with Crippen LogP contribution in [0.5, 0.6) is 0 Å². The molecule has 0 saturated carbocycles. The van der Waals surface area contributed by atoms with Gasteiger partial charge >= 0.3 is 0 Å². The van der Waals surface area contributed by atoms with Crippen LogP contribution < -0.4 is 0 Å². The van der Waals surface area contributed by atoms with E-state index in [-0.39, 0.29) is 11.1 Å². The fraction of sp³-hybridized carbons (Fsp3) is 0.357. The highest BCUT2D eigenvalue weighted by Crippen LogP contribution is 2.36. The van der Waals surface area contributed by atoms with Crippen molar-refractivity contribution < 1.29 is 18.0 Å². The zero-order valence-corrected chi connectivity index (χ0v) is 11.0. The summed E-state index contributed by atoms with van der Waals surface area (Å²) in [6.45, 7) is 1.23. The summed E-state index contributed by atoms with van der Waals surface area (Å²) in [6.07, 6.45) is 5.45. The molecule has 0 aromatic heterocycles. The first-order chi connectivity index (χ1) is 8.95. The molecule has 0 heterocycles. The highest BCUT2D eigenvalue weighted by atomic mass is 35.5. The van der Waals surface area contributed by atoms with Crippen LogP contribution in [0.1, 0.15) is 46.7 Å². The number of hydrogen-bond acceptors (Lipinski definition) is 1. The van der Waals surface area contributed by atoms with Crippen molar-refractivity contribution in [2.45, 2.75) is 32.1 Å². The average Bonchev–Trinajstić information content (AvgIpc) is 2.38. The Labute approximate surface area is 114 Å². The second-order valence-corrected chi connectivity index (χ2v) is 4.95. The minimum absolute atomic E-state index is 0.233. The second-order valence-electron chi connectivity index (χ2n) is 4.61. The largest absolute Gasteiger partial charge is 0.275 e. The summed E-state index contributed by atoms with van der Waals surface area (Å²) < 4.78 is 42.0. The number of rotatable bonds is 2. The van der Waals surface area contributed by atoms with Gasteiger partial charge in [0.15, 0.2) is 11.6 Å². The monoisotopic (exact) mass is 288 g/mol. The molecule has 1 aliphatic carbocycles. The van der Waals surface area contributed by atoms with Crippen molar-refractivity contribution in [2.24, 2.45) is 0 Å². The zero-order valence-electron chi connectivity index (χ0n) is 10.3. The van der Waals surface area contributed by atoms with E-state index >= 15 is 0 Å². The average molecular weight is 289 g/mol. The molecule has 1 atom stereocenters. The van der Waals surface area contributed by atoms with E-state index in [9.17, 15) is 18.0 Å². The van der Waals surface area contributed by atoms with Gasteiger partial charge in [-0.05, 0) is 43.7 Å². The minimum Gasteiger partial charge on any atom is -0.275 e. The fourth-order valence-electron chi connectivity index (χ4n) is 2.45. The summed E-state index contributed by atoms with van der Waals surface area (Å²) >= 11 is 5.17. The molecule has 1 aromatic carbocycles. The first kappa shape index (κ1) is 14.1. The lowest BCUT2D eigenvalue weighted by Crippen LogP contribution is -2.14. The molecule has 1 aromatic rings. The third kappa shape index (κ3) is 2.41. The van der Waals surface area contributed by atoms with Crippen molar-refractivity contribution >= 4 is 16.8 Å². The molecule has 0 spiro atoms. The molecule has 5 heteroatoms. The predicted molar refractivity (Wildman–Crippen MR) is 67.0 cm³/mol. The van der Waals surface area contributed by atoms with Crippen molar-refractivity contribution in [3.8, 4) is 0 Å². The van der Waals surface area contributed by atoms with E-state index < -0.39 is 34.2 Å². The molecular weight excluding hydrogens is 277 g/mol. The Morgan fingerprint density at radius 1 is 1.21 bits per heavy atom. The Bertz CT molecular complexity index is 537. The molecule has 1 aliphatic rings. The molecular formula is C14H12ClF3O. The van der Waals surface area contributed by atoms with Gasteiger partial charge in [-0.15, -0.1) is 0 Å². The third-order valence-electron chi connectivity index (χ3n) is 3.46. The summed E-state index contributed by atoms with van der Waals surface area (Å²) in [6, 6.07) is 0. The molecule has 0 amide bonds. The third-order valence-corrected chi connectivity index (χ3v) is 3.65. The molecule has 1 nitrogen and oxygen atoms in total. The summed E-state index contributed by atoms with van der Waals surface area (Å²) in [5.74, 6) is -3.93. The molecule has 2 rings (SSSR count). The Balaban J connectivity index is 2.63. The van der Waals surface area contributed by atoms with E-state index in [0.29, 0.717) is 19.3 Å². The Kier molecular flexibility index (Phi) is 3.99. The Morgan fingerprint density at radius 2 is 1.89 bits per heavy atom. The maximum Gasteiger partial charge on any atom is 0.255 e. The van der Waals surface area contributed by atoms with E-state index in [0.717, 1.165) is 0 Å². The zero-order chi connectivity index (χ0) is 14.2. The van der Waals surface area contributed by atoms with Crippen molar-refractivity contribution in [2.75, 3.05) is 0 Å². The number of carbonyl (C=O) groups is 1. The highest BCUT2D eigenvalue weighted by Gasteiger charge is 2.29. The van der Waals surface area contributed by atoms with Gasteiger partial charge in [-0.3, -0.25) is 4.79 Å². The van der Waals surface area contributed by atoms with Gasteiger partial charge in [-0.2, -0.15) is 0 Å². The highest BCUT2D eigenvalue weighted by molar-refractivity contribution is 6.68. The molecule has 102 valence electrons. The number of benzene rings is 1. The first-order valence-corrected chi connectivity index (χ1v) is 6.34. The first-order valence-electron chi connectivity index (χ1n) is 5.97. The molecule has 0 fully saturated rings. The normalized spacial score (nSPS) is 18.7. The van der Waals surface area contributed by atoms with Crippen LogP contribution in [0.3, 0.4) is 0 Å². The van der Waals surface area contributed by atoms with Crippen LogP contribution in [-0.2, 0) is 0 Å². The number of allylic oxidation sites excluding steroid dienone is 2. The van der Waals surface area contributed by atoms with E-state index in [4.69, 9.17) is 11.6 Å². The van der Waals surface area contributed by atoms with Gasteiger partial charge in [-0.1, -0.05) is 12.2 Å². The van der Waals surface area contributed by atoms with Crippen LogP contribution in [0.2, 0.25) is 0 Å². The lowest BCUT2D eigenvalue weighted by molar-refractivity contribution is 0.107. The van der Waals surface area contributed by atoms with Gasteiger partial charge in [0.1, 0.15) is 5.82 Å². The van der Waals surface area contributed by atoms with E-state index in [1.54, 1.807) is 0 Å². The molecule has 0 saturated heterocycles. The maximum absolute atomic E-state index is 14.2. The summed E-state index contributed by atoms with van der Waals surface area (Å²) in [5, 5.41) is -1.19. The molecule has 1 unspecified atom stereocenters. The van der Waals surface area contributed by atoms with Crippen LogP contribution in [0.15, 0.2) is 12.2 Å². The predicted octanol–water partition coefficient (Wildman–Crippen LogP) is 4.62. The second kappa shape index (κ2) is 5.37. The van der Waals surface area contributed by atoms with E-state index in [1.165, 1.54) is 6.92 Å². The Hall–Kier alpha value is -1.29. The van der Waals surface area contributed by atoms with Crippen molar-refractivity contribution in [3.63, 3.8) is 0 Å². The number of halogens is 4. The molecule has 0 aliphatic heterocycles. The van der Waals surface area contributed by atoms with Gasteiger partial charge in [0.25, 0.3) is 5.24 Å². The van der Waals surface area contributed by atoms with E-state index in [1.807, 2.05) is 12.2 Å².